The maximum Gasteiger partial charge on any atom is 0.141 e. The minimum atomic E-state index is 0.437. The molecule has 0 radical (unpaired) electrons. The average molecular weight is 314 g/mol. The molecular formula is C20H30N2O. The first-order valence-corrected chi connectivity index (χ1v) is 9.25. The monoisotopic (exact) mass is 314 g/mol. The lowest BCUT2D eigenvalue weighted by Crippen LogP contribution is -2.60. The van der Waals surface area contributed by atoms with Crippen molar-refractivity contribution in [2.24, 2.45) is 17.8 Å². The Bertz CT molecular complexity index is 548. The van der Waals surface area contributed by atoms with Gasteiger partial charge in [-0.1, -0.05) is 6.07 Å². The first kappa shape index (κ1) is 15.3. The van der Waals surface area contributed by atoms with Gasteiger partial charge in [0, 0.05) is 11.6 Å². The van der Waals surface area contributed by atoms with E-state index in [1.165, 1.54) is 44.1 Å². The number of methoxy groups -OCH3 is 1. The van der Waals surface area contributed by atoms with Gasteiger partial charge >= 0.3 is 0 Å². The number of ether oxygens (including phenoxy) is 1. The molecule has 4 aliphatic carbocycles. The number of benzene rings is 1. The van der Waals surface area contributed by atoms with Crippen molar-refractivity contribution in [3.8, 4) is 5.75 Å². The van der Waals surface area contributed by atoms with Crippen LogP contribution in [-0.4, -0.2) is 18.7 Å². The Morgan fingerprint density at radius 1 is 1.17 bits per heavy atom. The van der Waals surface area contributed by atoms with Crippen molar-refractivity contribution in [1.29, 1.82) is 0 Å². The van der Waals surface area contributed by atoms with Crippen LogP contribution in [0.1, 0.15) is 51.0 Å². The summed E-state index contributed by atoms with van der Waals surface area (Å²) in [6.07, 6.45) is 9.78. The summed E-state index contributed by atoms with van der Waals surface area (Å²) in [5, 5.41) is 4.05. The molecule has 0 saturated heterocycles. The van der Waals surface area contributed by atoms with Crippen molar-refractivity contribution in [1.82, 2.24) is 5.32 Å². The molecule has 3 heteroatoms. The van der Waals surface area contributed by atoms with Crippen LogP contribution in [0.4, 0.5) is 5.69 Å². The molecule has 4 fully saturated rings. The van der Waals surface area contributed by atoms with Crippen LogP contribution in [0.2, 0.25) is 0 Å². The molecule has 1 aromatic rings. The second-order valence-corrected chi connectivity index (χ2v) is 8.52. The normalized spacial score (nSPS) is 36.2. The van der Waals surface area contributed by atoms with Gasteiger partial charge in [-0.15, -0.1) is 0 Å². The van der Waals surface area contributed by atoms with E-state index in [2.05, 4.69) is 24.4 Å². The minimum absolute atomic E-state index is 0.437. The number of nitrogens with one attached hydrogen (secondary N) is 1. The second kappa shape index (κ2) is 5.70. The summed E-state index contributed by atoms with van der Waals surface area (Å²) in [6.45, 7) is 2.33. The predicted molar refractivity (Wildman–Crippen MR) is 94.6 cm³/mol. The van der Waals surface area contributed by atoms with E-state index in [9.17, 15) is 0 Å². The van der Waals surface area contributed by atoms with Gasteiger partial charge in [0.15, 0.2) is 0 Å². The van der Waals surface area contributed by atoms with Crippen LogP contribution in [0, 0.1) is 17.8 Å². The van der Waals surface area contributed by atoms with Crippen LogP contribution in [0.15, 0.2) is 18.2 Å². The topological polar surface area (TPSA) is 47.3 Å². The summed E-state index contributed by atoms with van der Waals surface area (Å²) in [5.41, 5.74) is 8.53. The molecule has 0 aliphatic heterocycles. The van der Waals surface area contributed by atoms with Gasteiger partial charge in [0.05, 0.1) is 12.8 Å². The molecule has 3 N–H and O–H groups in total. The van der Waals surface area contributed by atoms with Gasteiger partial charge in [-0.05, 0) is 87.3 Å². The largest absolute Gasteiger partial charge is 0.495 e. The molecule has 0 heterocycles. The molecule has 5 rings (SSSR count). The molecule has 3 nitrogen and oxygen atoms in total. The molecular weight excluding hydrogens is 284 g/mol. The second-order valence-electron chi connectivity index (χ2n) is 8.52. The van der Waals surface area contributed by atoms with Gasteiger partial charge in [-0.2, -0.15) is 0 Å². The zero-order chi connectivity index (χ0) is 16.0. The van der Waals surface area contributed by atoms with E-state index in [1.807, 2.05) is 6.07 Å². The molecule has 0 amide bonds. The van der Waals surface area contributed by atoms with Crippen molar-refractivity contribution >= 4 is 5.69 Å². The van der Waals surface area contributed by atoms with E-state index in [0.717, 1.165) is 35.6 Å². The van der Waals surface area contributed by atoms with Gasteiger partial charge in [-0.25, -0.2) is 0 Å². The molecule has 1 aromatic carbocycles. The van der Waals surface area contributed by atoms with E-state index < -0.39 is 0 Å². The highest BCUT2D eigenvalue weighted by atomic mass is 16.5. The number of anilines is 1. The fourth-order valence-corrected chi connectivity index (χ4v) is 6.13. The quantitative estimate of drug-likeness (QED) is 0.813. The molecule has 4 aliphatic rings. The lowest BCUT2D eigenvalue weighted by atomic mass is 9.53. The van der Waals surface area contributed by atoms with Crippen molar-refractivity contribution in [2.45, 2.75) is 63.5 Å². The Morgan fingerprint density at radius 2 is 1.78 bits per heavy atom. The highest BCUT2D eigenvalue weighted by molar-refractivity contribution is 5.54. The Morgan fingerprint density at radius 3 is 2.30 bits per heavy atom. The van der Waals surface area contributed by atoms with Gasteiger partial charge in [-0.3, -0.25) is 0 Å². The maximum absolute atomic E-state index is 6.05. The van der Waals surface area contributed by atoms with E-state index in [-0.39, 0.29) is 0 Å². The number of hydrogen-bond acceptors (Lipinski definition) is 3. The zero-order valence-corrected chi connectivity index (χ0v) is 14.5. The molecule has 126 valence electrons. The Balaban J connectivity index is 1.42. The Kier molecular flexibility index (Phi) is 3.79. The number of hydrogen-bond donors (Lipinski definition) is 2. The first-order chi connectivity index (χ1) is 11.0. The standard InChI is InChI=1S/C20H30N2O/c1-13(5-14-3-4-19(23-2)18(21)9-14)22-20-10-15-6-16(11-20)8-17(7-15)12-20/h3-4,9,13,15-17,22H,5-8,10-12,21H2,1-2H3. The summed E-state index contributed by atoms with van der Waals surface area (Å²) in [5.74, 6) is 3.77. The van der Waals surface area contributed by atoms with E-state index in [1.54, 1.807) is 7.11 Å². The van der Waals surface area contributed by atoms with Crippen molar-refractivity contribution in [2.75, 3.05) is 12.8 Å². The third-order valence-electron chi connectivity index (χ3n) is 6.43. The molecule has 23 heavy (non-hydrogen) atoms. The molecule has 4 bridgehead atoms. The maximum atomic E-state index is 6.05. The van der Waals surface area contributed by atoms with Gasteiger partial charge in [0.1, 0.15) is 5.75 Å². The Labute approximate surface area is 140 Å². The SMILES string of the molecule is COc1ccc(CC(C)NC23CC4CC(CC(C4)C2)C3)cc1N. The lowest BCUT2D eigenvalue weighted by molar-refractivity contribution is -0.0242. The minimum Gasteiger partial charge on any atom is -0.495 e. The third kappa shape index (κ3) is 2.96. The van der Waals surface area contributed by atoms with Crippen LogP contribution in [0.3, 0.4) is 0 Å². The van der Waals surface area contributed by atoms with Crippen LogP contribution in [0.25, 0.3) is 0 Å². The lowest BCUT2D eigenvalue weighted by Gasteiger charge is -2.58. The van der Waals surface area contributed by atoms with Gasteiger partial charge in [0.2, 0.25) is 0 Å². The Hall–Kier alpha value is -1.22. The molecule has 4 saturated carbocycles. The van der Waals surface area contributed by atoms with Crippen LogP contribution < -0.4 is 15.8 Å². The zero-order valence-electron chi connectivity index (χ0n) is 14.5. The summed E-state index contributed by atoms with van der Waals surface area (Å²) in [7, 11) is 1.67. The number of nitrogen functional groups attached to an aromatic ring is 1. The van der Waals surface area contributed by atoms with Crippen LogP contribution in [-0.2, 0) is 6.42 Å². The highest BCUT2D eigenvalue weighted by Crippen LogP contribution is 2.55. The molecule has 1 atom stereocenters. The predicted octanol–water partition coefficient (Wildman–Crippen LogP) is 3.77. The highest BCUT2D eigenvalue weighted by Gasteiger charge is 2.50. The van der Waals surface area contributed by atoms with E-state index >= 15 is 0 Å². The third-order valence-corrected chi connectivity index (χ3v) is 6.43. The van der Waals surface area contributed by atoms with E-state index in [4.69, 9.17) is 10.5 Å². The summed E-state index contributed by atoms with van der Waals surface area (Å²) < 4.78 is 5.26. The fourth-order valence-electron chi connectivity index (χ4n) is 6.13. The van der Waals surface area contributed by atoms with Crippen LogP contribution >= 0.6 is 0 Å². The first-order valence-electron chi connectivity index (χ1n) is 9.25. The molecule has 0 aromatic heterocycles. The summed E-state index contributed by atoms with van der Waals surface area (Å²) in [6, 6.07) is 6.70. The smallest absolute Gasteiger partial charge is 0.141 e. The average Bonchev–Trinajstić information content (AvgIpc) is 2.45. The summed E-state index contributed by atoms with van der Waals surface area (Å²) in [4.78, 5) is 0. The van der Waals surface area contributed by atoms with Crippen molar-refractivity contribution in [3.63, 3.8) is 0 Å². The summed E-state index contributed by atoms with van der Waals surface area (Å²) >= 11 is 0. The fraction of sp³-hybridized carbons (Fsp3) is 0.700. The number of rotatable bonds is 5. The van der Waals surface area contributed by atoms with Crippen LogP contribution in [0.5, 0.6) is 5.75 Å². The van der Waals surface area contributed by atoms with Crippen molar-refractivity contribution < 1.29 is 4.74 Å². The molecule has 0 spiro atoms. The number of nitrogens with two attached hydrogens (primary N) is 1. The van der Waals surface area contributed by atoms with E-state index in [0.29, 0.717) is 11.6 Å². The van der Waals surface area contributed by atoms with Crippen molar-refractivity contribution in [3.05, 3.63) is 23.8 Å². The van der Waals surface area contributed by atoms with Gasteiger partial charge in [0.25, 0.3) is 0 Å². The molecule has 1 unspecified atom stereocenters. The van der Waals surface area contributed by atoms with Gasteiger partial charge < -0.3 is 15.8 Å².